The largest absolute Gasteiger partial charge is 0.452 e. The summed E-state index contributed by atoms with van der Waals surface area (Å²) in [5.41, 5.74) is 1.40. The second-order valence-electron chi connectivity index (χ2n) is 5.35. The maximum absolute atomic E-state index is 13.5. The number of anilines is 1. The SMILES string of the molecule is Cc1ccc(NC(=O)[C@H](C)OC(=O)Cc2ccccc2Cl)cc1F. The van der Waals surface area contributed by atoms with Crippen LogP contribution in [-0.4, -0.2) is 18.0 Å². The van der Waals surface area contributed by atoms with E-state index in [1.165, 1.54) is 13.0 Å². The van der Waals surface area contributed by atoms with Crippen molar-refractivity contribution in [2.75, 3.05) is 5.32 Å². The summed E-state index contributed by atoms with van der Waals surface area (Å²) in [6.07, 6.45) is -1.04. The van der Waals surface area contributed by atoms with Crippen LogP contribution < -0.4 is 5.32 Å². The molecule has 6 heteroatoms. The third-order valence-corrected chi connectivity index (χ3v) is 3.78. The maximum atomic E-state index is 13.5. The van der Waals surface area contributed by atoms with Crippen LogP contribution in [0.15, 0.2) is 42.5 Å². The Labute approximate surface area is 144 Å². The number of halogens is 2. The van der Waals surface area contributed by atoms with Crippen LogP contribution in [0.25, 0.3) is 0 Å². The molecule has 2 aromatic rings. The average molecular weight is 350 g/mol. The summed E-state index contributed by atoms with van der Waals surface area (Å²) in [5, 5.41) is 2.97. The van der Waals surface area contributed by atoms with E-state index in [1.807, 2.05) is 0 Å². The highest BCUT2D eigenvalue weighted by atomic mass is 35.5. The molecule has 0 saturated carbocycles. The van der Waals surface area contributed by atoms with Gasteiger partial charge in [-0.2, -0.15) is 0 Å². The normalized spacial score (nSPS) is 11.7. The molecule has 0 fully saturated rings. The molecule has 0 heterocycles. The molecule has 0 aliphatic carbocycles. The van der Waals surface area contributed by atoms with Crippen LogP contribution in [0.3, 0.4) is 0 Å². The summed E-state index contributed by atoms with van der Waals surface area (Å²) >= 11 is 5.98. The smallest absolute Gasteiger partial charge is 0.311 e. The summed E-state index contributed by atoms with van der Waals surface area (Å²) in [4.78, 5) is 23.9. The topological polar surface area (TPSA) is 55.4 Å². The molecule has 24 heavy (non-hydrogen) atoms. The van der Waals surface area contributed by atoms with Gasteiger partial charge in [-0.1, -0.05) is 35.9 Å². The van der Waals surface area contributed by atoms with E-state index in [0.717, 1.165) is 0 Å². The van der Waals surface area contributed by atoms with Gasteiger partial charge in [0.2, 0.25) is 0 Å². The van der Waals surface area contributed by atoms with E-state index in [2.05, 4.69) is 5.32 Å². The lowest BCUT2D eigenvalue weighted by Gasteiger charge is -2.14. The van der Waals surface area contributed by atoms with Gasteiger partial charge in [-0.05, 0) is 43.2 Å². The van der Waals surface area contributed by atoms with Crippen molar-refractivity contribution in [1.82, 2.24) is 0 Å². The van der Waals surface area contributed by atoms with Crippen molar-refractivity contribution >= 4 is 29.2 Å². The van der Waals surface area contributed by atoms with E-state index < -0.39 is 23.8 Å². The number of ether oxygens (including phenoxy) is 1. The second-order valence-corrected chi connectivity index (χ2v) is 5.76. The van der Waals surface area contributed by atoms with Crippen LogP contribution in [0.1, 0.15) is 18.1 Å². The minimum absolute atomic E-state index is 0.0313. The number of carbonyl (C=O) groups is 2. The lowest BCUT2D eigenvalue weighted by atomic mass is 10.1. The highest BCUT2D eigenvalue weighted by Gasteiger charge is 2.19. The zero-order chi connectivity index (χ0) is 17.7. The molecule has 0 aromatic heterocycles. The van der Waals surface area contributed by atoms with Crippen LogP contribution in [0.2, 0.25) is 5.02 Å². The Morgan fingerprint density at radius 3 is 2.62 bits per heavy atom. The van der Waals surface area contributed by atoms with Crippen LogP contribution in [-0.2, 0) is 20.7 Å². The number of rotatable bonds is 5. The molecule has 126 valence electrons. The van der Waals surface area contributed by atoms with Gasteiger partial charge in [0.1, 0.15) is 5.82 Å². The molecule has 0 unspecified atom stereocenters. The fraction of sp³-hybridized carbons (Fsp3) is 0.222. The van der Waals surface area contributed by atoms with Crippen molar-refractivity contribution in [3.63, 3.8) is 0 Å². The zero-order valence-electron chi connectivity index (χ0n) is 13.3. The first-order chi connectivity index (χ1) is 11.4. The first-order valence-corrected chi connectivity index (χ1v) is 7.74. The molecule has 1 atom stereocenters. The van der Waals surface area contributed by atoms with Gasteiger partial charge in [-0.15, -0.1) is 0 Å². The first kappa shape index (κ1) is 17.9. The van der Waals surface area contributed by atoms with Gasteiger partial charge in [0.15, 0.2) is 6.10 Å². The molecular formula is C18H17ClFNO3. The van der Waals surface area contributed by atoms with Crippen molar-refractivity contribution in [2.45, 2.75) is 26.4 Å². The van der Waals surface area contributed by atoms with E-state index >= 15 is 0 Å². The lowest BCUT2D eigenvalue weighted by molar-refractivity contribution is -0.152. The molecule has 4 nitrogen and oxygen atoms in total. The van der Waals surface area contributed by atoms with Gasteiger partial charge in [0.25, 0.3) is 5.91 Å². The van der Waals surface area contributed by atoms with E-state index in [9.17, 15) is 14.0 Å². The van der Waals surface area contributed by atoms with Gasteiger partial charge < -0.3 is 10.1 Å². The number of carbonyl (C=O) groups excluding carboxylic acids is 2. The van der Waals surface area contributed by atoms with Crippen molar-refractivity contribution in [1.29, 1.82) is 0 Å². The maximum Gasteiger partial charge on any atom is 0.311 e. The lowest BCUT2D eigenvalue weighted by Crippen LogP contribution is -2.30. The van der Waals surface area contributed by atoms with Crippen LogP contribution in [0, 0.1) is 12.7 Å². The summed E-state index contributed by atoms with van der Waals surface area (Å²) in [6.45, 7) is 3.07. The Hall–Kier alpha value is -2.40. The van der Waals surface area contributed by atoms with E-state index in [4.69, 9.17) is 16.3 Å². The Morgan fingerprint density at radius 2 is 1.96 bits per heavy atom. The molecule has 0 radical (unpaired) electrons. The molecule has 0 saturated heterocycles. The average Bonchev–Trinajstić information content (AvgIpc) is 2.53. The molecule has 1 N–H and O–H groups in total. The molecule has 0 aliphatic rings. The highest BCUT2D eigenvalue weighted by Crippen LogP contribution is 2.17. The number of hydrogen-bond acceptors (Lipinski definition) is 3. The van der Waals surface area contributed by atoms with Crippen LogP contribution in [0.5, 0.6) is 0 Å². The summed E-state index contributed by atoms with van der Waals surface area (Å²) in [5.74, 6) is -1.53. The quantitative estimate of drug-likeness (QED) is 0.833. The van der Waals surface area contributed by atoms with Gasteiger partial charge >= 0.3 is 5.97 Å². The molecule has 0 aliphatic heterocycles. The number of nitrogens with one attached hydrogen (secondary N) is 1. The fourth-order valence-corrected chi connectivity index (χ4v) is 2.21. The minimum Gasteiger partial charge on any atom is -0.452 e. The van der Waals surface area contributed by atoms with Gasteiger partial charge in [0, 0.05) is 10.7 Å². The first-order valence-electron chi connectivity index (χ1n) is 7.36. The third kappa shape index (κ3) is 4.80. The second kappa shape index (κ2) is 7.93. The molecule has 0 spiro atoms. The van der Waals surface area contributed by atoms with E-state index in [0.29, 0.717) is 21.8 Å². The van der Waals surface area contributed by atoms with Crippen molar-refractivity contribution in [3.8, 4) is 0 Å². The Bertz CT molecular complexity index is 764. The molecule has 2 aromatic carbocycles. The van der Waals surface area contributed by atoms with Crippen LogP contribution in [0.4, 0.5) is 10.1 Å². The fourth-order valence-electron chi connectivity index (χ4n) is 2.00. The molecule has 0 bridgehead atoms. The summed E-state index contributed by atoms with van der Waals surface area (Å²) in [6, 6.07) is 11.2. The Kier molecular flexibility index (Phi) is 5.93. The number of esters is 1. The summed E-state index contributed by atoms with van der Waals surface area (Å²) in [7, 11) is 0. The van der Waals surface area contributed by atoms with Gasteiger partial charge in [-0.25, -0.2) is 4.39 Å². The predicted molar refractivity (Wildman–Crippen MR) is 90.5 cm³/mol. The van der Waals surface area contributed by atoms with E-state index in [-0.39, 0.29) is 6.42 Å². The highest BCUT2D eigenvalue weighted by molar-refractivity contribution is 6.31. The number of hydrogen-bond donors (Lipinski definition) is 1. The van der Waals surface area contributed by atoms with Crippen molar-refractivity contribution < 1.29 is 18.7 Å². The number of benzene rings is 2. The standard InChI is InChI=1S/C18H17ClFNO3/c1-11-7-8-14(10-16(11)20)21-18(23)12(2)24-17(22)9-13-5-3-4-6-15(13)19/h3-8,10,12H,9H2,1-2H3,(H,21,23)/t12-/m0/s1. The molecular weight excluding hydrogens is 333 g/mol. The third-order valence-electron chi connectivity index (χ3n) is 3.41. The number of amides is 1. The summed E-state index contributed by atoms with van der Waals surface area (Å²) < 4.78 is 18.6. The molecule has 2 rings (SSSR count). The Balaban J connectivity index is 1.92. The van der Waals surface area contributed by atoms with Crippen molar-refractivity contribution in [3.05, 3.63) is 64.4 Å². The van der Waals surface area contributed by atoms with Crippen molar-refractivity contribution in [2.24, 2.45) is 0 Å². The minimum atomic E-state index is -1.01. The monoisotopic (exact) mass is 349 g/mol. The Morgan fingerprint density at radius 1 is 1.25 bits per heavy atom. The molecule has 1 amide bonds. The van der Waals surface area contributed by atoms with Gasteiger partial charge in [-0.3, -0.25) is 9.59 Å². The van der Waals surface area contributed by atoms with E-state index in [1.54, 1.807) is 43.3 Å². The predicted octanol–water partition coefficient (Wildman–Crippen LogP) is 3.90. The number of aryl methyl sites for hydroxylation is 1. The van der Waals surface area contributed by atoms with Gasteiger partial charge in [0.05, 0.1) is 6.42 Å². The zero-order valence-corrected chi connectivity index (χ0v) is 14.1. The van der Waals surface area contributed by atoms with Crippen LogP contribution >= 0.6 is 11.6 Å².